The third kappa shape index (κ3) is 3.48. The molecular formula is C17H23ClN4O2. The second-order valence-corrected chi connectivity index (χ2v) is 7.37. The van der Waals surface area contributed by atoms with E-state index >= 15 is 0 Å². The Hall–Kier alpha value is -1.82. The van der Waals surface area contributed by atoms with Crippen molar-refractivity contribution in [2.24, 2.45) is 0 Å². The van der Waals surface area contributed by atoms with E-state index < -0.39 is 5.60 Å². The highest BCUT2D eigenvalue weighted by Crippen LogP contribution is 2.28. The zero-order valence-corrected chi connectivity index (χ0v) is 15.1. The van der Waals surface area contributed by atoms with Crippen LogP contribution in [0.25, 0.3) is 11.2 Å². The molecule has 7 heteroatoms. The minimum atomic E-state index is -0.491. The minimum Gasteiger partial charge on any atom is -0.444 e. The number of nitrogens with zero attached hydrogens (tertiary/aromatic N) is 4. The molecule has 0 aromatic carbocycles. The predicted octanol–water partition coefficient (Wildman–Crippen LogP) is 3.74. The highest BCUT2D eigenvalue weighted by atomic mass is 35.5. The van der Waals surface area contributed by atoms with Gasteiger partial charge in [0.2, 0.25) is 0 Å². The number of alkyl halides is 1. The number of piperidine rings is 1. The molecule has 0 aliphatic carbocycles. The van der Waals surface area contributed by atoms with Crippen molar-refractivity contribution >= 4 is 28.9 Å². The lowest BCUT2D eigenvalue weighted by Crippen LogP contribution is -2.43. The van der Waals surface area contributed by atoms with E-state index in [4.69, 9.17) is 16.3 Å². The number of likely N-dealkylation sites (tertiary alicyclic amines) is 1. The number of pyridine rings is 1. The van der Waals surface area contributed by atoms with E-state index in [0.717, 1.165) is 29.8 Å². The topological polar surface area (TPSA) is 60.2 Å². The Morgan fingerprint density at radius 1 is 1.46 bits per heavy atom. The zero-order chi connectivity index (χ0) is 17.3. The lowest BCUT2D eigenvalue weighted by Gasteiger charge is -2.35. The first-order valence-electron chi connectivity index (χ1n) is 8.25. The highest BCUT2D eigenvalue weighted by Gasteiger charge is 2.30. The van der Waals surface area contributed by atoms with E-state index in [9.17, 15) is 4.79 Å². The number of carbonyl (C=O) groups is 1. The number of hydrogen-bond donors (Lipinski definition) is 0. The van der Waals surface area contributed by atoms with Crippen molar-refractivity contribution in [1.82, 2.24) is 19.4 Å². The van der Waals surface area contributed by atoms with Crippen molar-refractivity contribution in [3.63, 3.8) is 0 Å². The minimum absolute atomic E-state index is 0.111. The Morgan fingerprint density at radius 2 is 2.25 bits per heavy atom. The van der Waals surface area contributed by atoms with Gasteiger partial charge < -0.3 is 14.2 Å². The summed E-state index contributed by atoms with van der Waals surface area (Å²) >= 11 is 6.09. The first-order chi connectivity index (χ1) is 11.4. The summed E-state index contributed by atoms with van der Waals surface area (Å²) in [6.45, 7) is 6.93. The molecule has 1 atom stereocenters. The summed E-state index contributed by atoms with van der Waals surface area (Å²) in [5.74, 6) is 1.11. The van der Waals surface area contributed by atoms with Crippen molar-refractivity contribution in [2.75, 3.05) is 13.1 Å². The molecule has 1 fully saturated rings. The molecule has 0 unspecified atom stereocenters. The smallest absolute Gasteiger partial charge is 0.410 e. The zero-order valence-electron chi connectivity index (χ0n) is 14.3. The summed E-state index contributed by atoms with van der Waals surface area (Å²) in [6, 6.07) is 3.91. The number of carbonyl (C=O) groups excluding carboxylic acids is 1. The molecule has 2 aromatic heterocycles. The number of aromatic nitrogens is 3. The van der Waals surface area contributed by atoms with Gasteiger partial charge in [-0.25, -0.2) is 14.8 Å². The summed E-state index contributed by atoms with van der Waals surface area (Å²) in [5, 5.41) is 0. The molecule has 1 aliphatic rings. The van der Waals surface area contributed by atoms with E-state index in [1.54, 1.807) is 11.1 Å². The van der Waals surface area contributed by atoms with Crippen LogP contribution in [-0.4, -0.2) is 44.2 Å². The van der Waals surface area contributed by atoms with Gasteiger partial charge in [0, 0.05) is 19.3 Å². The first kappa shape index (κ1) is 17.0. The molecule has 6 nitrogen and oxygen atoms in total. The largest absolute Gasteiger partial charge is 0.444 e. The normalized spacial score (nSPS) is 18.8. The van der Waals surface area contributed by atoms with E-state index in [1.165, 1.54) is 0 Å². The fourth-order valence-corrected chi connectivity index (χ4v) is 3.30. The van der Waals surface area contributed by atoms with Crippen molar-refractivity contribution in [3.8, 4) is 0 Å². The van der Waals surface area contributed by atoms with Crippen LogP contribution in [0.4, 0.5) is 4.79 Å². The second kappa shape index (κ2) is 6.59. The Bertz CT molecular complexity index is 738. The Morgan fingerprint density at radius 3 is 2.96 bits per heavy atom. The molecule has 2 aromatic rings. The van der Waals surface area contributed by atoms with Crippen LogP contribution in [0.1, 0.15) is 45.5 Å². The van der Waals surface area contributed by atoms with Crippen LogP contribution in [-0.2, 0) is 10.6 Å². The number of ether oxygens (including phenoxy) is 1. The van der Waals surface area contributed by atoms with Crippen molar-refractivity contribution in [3.05, 3.63) is 24.2 Å². The third-order valence-corrected chi connectivity index (χ3v) is 4.29. The van der Waals surface area contributed by atoms with E-state index in [1.807, 2.05) is 32.9 Å². The van der Waals surface area contributed by atoms with Gasteiger partial charge in [-0.1, -0.05) is 0 Å². The molecule has 0 saturated carbocycles. The van der Waals surface area contributed by atoms with Crippen molar-refractivity contribution in [2.45, 2.75) is 51.1 Å². The fraction of sp³-hybridized carbons (Fsp3) is 0.588. The van der Waals surface area contributed by atoms with Crippen LogP contribution in [0.5, 0.6) is 0 Å². The maximum atomic E-state index is 12.4. The van der Waals surface area contributed by atoms with E-state index in [-0.39, 0.29) is 12.1 Å². The van der Waals surface area contributed by atoms with Gasteiger partial charge in [0.05, 0.1) is 11.9 Å². The number of amides is 1. The van der Waals surface area contributed by atoms with Crippen molar-refractivity contribution in [1.29, 1.82) is 0 Å². The summed E-state index contributed by atoms with van der Waals surface area (Å²) < 4.78 is 7.59. The standard InChI is InChI=1S/C17H23ClN4O2/c1-17(2,3)24-16(23)21-9-5-6-12(11-21)22-14(10-18)20-13-7-4-8-19-15(13)22/h4,7-8,12H,5-6,9-11H2,1-3H3/t12-/m1/s1. The van der Waals surface area contributed by atoms with Crippen LogP contribution >= 0.6 is 11.6 Å². The van der Waals surface area contributed by atoms with E-state index in [2.05, 4.69) is 14.5 Å². The quantitative estimate of drug-likeness (QED) is 0.774. The number of imidazole rings is 1. The molecule has 0 radical (unpaired) electrons. The van der Waals surface area contributed by atoms with Gasteiger partial charge in [-0.15, -0.1) is 11.6 Å². The molecule has 0 bridgehead atoms. The van der Waals surface area contributed by atoms with E-state index in [0.29, 0.717) is 19.0 Å². The highest BCUT2D eigenvalue weighted by molar-refractivity contribution is 6.16. The molecule has 130 valence electrons. The Balaban J connectivity index is 1.86. The average Bonchev–Trinajstić information content (AvgIpc) is 2.92. The summed E-state index contributed by atoms with van der Waals surface area (Å²) in [5.41, 5.74) is 1.17. The number of halogens is 1. The predicted molar refractivity (Wildman–Crippen MR) is 93.2 cm³/mol. The van der Waals surface area contributed by atoms with Gasteiger partial charge >= 0.3 is 6.09 Å². The Labute approximate surface area is 146 Å². The van der Waals surface area contributed by atoms with Gasteiger partial charge in [0.15, 0.2) is 5.65 Å². The average molecular weight is 351 g/mol. The van der Waals surface area contributed by atoms with Crippen molar-refractivity contribution < 1.29 is 9.53 Å². The Kier molecular flexibility index (Phi) is 4.67. The van der Waals surface area contributed by atoms with Crippen LogP contribution in [0.2, 0.25) is 0 Å². The fourth-order valence-electron chi connectivity index (χ4n) is 3.11. The molecule has 1 amide bonds. The second-order valence-electron chi connectivity index (χ2n) is 7.10. The van der Waals surface area contributed by atoms with Gasteiger partial charge in [-0.2, -0.15) is 0 Å². The molecule has 0 spiro atoms. The van der Waals surface area contributed by atoms with Crippen LogP contribution < -0.4 is 0 Å². The van der Waals surface area contributed by atoms with Crippen LogP contribution in [0, 0.1) is 0 Å². The van der Waals surface area contributed by atoms with Gasteiger partial charge in [-0.3, -0.25) is 0 Å². The third-order valence-electron chi connectivity index (χ3n) is 4.05. The summed E-state index contributed by atoms with van der Waals surface area (Å²) in [4.78, 5) is 23.2. The molecule has 24 heavy (non-hydrogen) atoms. The maximum absolute atomic E-state index is 12.4. The first-order valence-corrected chi connectivity index (χ1v) is 8.78. The monoisotopic (exact) mass is 350 g/mol. The SMILES string of the molecule is CC(C)(C)OC(=O)N1CCC[C@@H](n2c(CCl)nc3cccnc32)C1. The van der Waals surface area contributed by atoms with Gasteiger partial charge in [0.25, 0.3) is 0 Å². The summed E-state index contributed by atoms with van der Waals surface area (Å²) in [7, 11) is 0. The van der Waals surface area contributed by atoms with Gasteiger partial charge in [-0.05, 0) is 45.7 Å². The molecular weight excluding hydrogens is 328 g/mol. The molecule has 3 rings (SSSR count). The van der Waals surface area contributed by atoms with Crippen LogP contribution in [0.15, 0.2) is 18.3 Å². The van der Waals surface area contributed by atoms with Crippen LogP contribution in [0.3, 0.4) is 0 Å². The lowest BCUT2D eigenvalue weighted by molar-refractivity contribution is 0.0173. The molecule has 3 heterocycles. The molecule has 1 aliphatic heterocycles. The number of hydrogen-bond acceptors (Lipinski definition) is 4. The number of rotatable bonds is 2. The maximum Gasteiger partial charge on any atom is 0.410 e. The number of fused-ring (bicyclic) bond motifs is 1. The summed E-state index contributed by atoms with van der Waals surface area (Å²) in [6.07, 6.45) is 3.37. The lowest BCUT2D eigenvalue weighted by atomic mass is 10.1. The molecule has 1 saturated heterocycles. The molecule has 0 N–H and O–H groups in total. The van der Waals surface area contributed by atoms with Gasteiger partial charge in [0.1, 0.15) is 16.9 Å².